The highest BCUT2D eigenvalue weighted by Crippen LogP contribution is 2.32. The molecule has 2 rings (SSSR count). The van der Waals surface area contributed by atoms with Crippen LogP contribution in [-0.4, -0.2) is 22.2 Å². The maximum Gasteiger partial charge on any atom is 0.433 e. The smallest absolute Gasteiger partial charge is 0.396 e. The van der Waals surface area contributed by atoms with Crippen molar-refractivity contribution in [3.8, 4) is 0 Å². The fourth-order valence-electron chi connectivity index (χ4n) is 1.67. The molecule has 17 heavy (non-hydrogen) atoms. The number of aromatic nitrogens is 1. The van der Waals surface area contributed by atoms with Gasteiger partial charge in [0.25, 0.3) is 0 Å². The number of nitrogens with one attached hydrogen (secondary N) is 1. The first-order valence-corrected chi connectivity index (χ1v) is 5.13. The summed E-state index contributed by atoms with van der Waals surface area (Å²) in [5.41, 5.74) is 4.94. The van der Waals surface area contributed by atoms with Crippen LogP contribution in [-0.2, 0) is 6.18 Å². The van der Waals surface area contributed by atoms with Gasteiger partial charge in [0.05, 0.1) is 23.7 Å². The SMILES string of the molecule is Nc1cnc(C(F)(F)F)cc1NC1CC(O)C1. The van der Waals surface area contributed by atoms with Crippen LogP contribution in [0.2, 0.25) is 0 Å². The van der Waals surface area contributed by atoms with E-state index in [1.807, 2.05) is 0 Å². The Morgan fingerprint density at radius 1 is 1.41 bits per heavy atom. The molecule has 1 saturated carbocycles. The van der Waals surface area contributed by atoms with Gasteiger partial charge in [0, 0.05) is 6.04 Å². The third-order valence-corrected chi connectivity index (χ3v) is 2.70. The Morgan fingerprint density at radius 3 is 2.59 bits per heavy atom. The molecule has 1 aliphatic carbocycles. The van der Waals surface area contributed by atoms with E-state index in [-0.39, 0.29) is 23.5 Å². The average molecular weight is 247 g/mol. The van der Waals surface area contributed by atoms with Gasteiger partial charge < -0.3 is 16.2 Å². The number of pyridine rings is 1. The van der Waals surface area contributed by atoms with Crippen molar-refractivity contribution >= 4 is 11.4 Å². The van der Waals surface area contributed by atoms with Crippen LogP contribution in [0.4, 0.5) is 24.5 Å². The van der Waals surface area contributed by atoms with Gasteiger partial charge in [-0.25, -0.2) is 4.98 Å². The lowest BCUT2D eigenvalue weighted by molar-refractivity contribution is -0.141. The largest absolute Gasteiger partial charge is 0.433 e. The molecular weight excluding hydrogens is 235 g/mol. The molecule has 0 atom stereocenters. The zero-order valence-electron chi connectivity index (χ0n) is 8.83. The maximum absolute atomic E-state index is 12.4. The molecule has 0 aromatic carbocycles. The molecule has 0 radical (unpaired) electrons. The molecule has 1 aromatic rings. The number of halogens is 3. The van der Waals surface area contributed by atoms with Gasteiger partial charge in [-0.15, -0.1) is 0 Å². The first-order valence-electron chi connectivity index (χ1n) is 5.13. The van der Waals surface area contributed by atoms with Gasteiger partial charge in [0.1, 0.15) is 5.69 Å². The Balaban J connectivity index is 2.15. The van der Waals surface area contributed by atoms with E-state index in [4.69, 9.17) is 10.8 Å². The quantitative estimate of drug-likeness (QED) is 0.742. The number of alkyl halides is 3. The van der Waals surface area contributed by atoms with Crippen molar-refractivity contribution < 1.29 is 18.3 Å². The first-order chi connectivity index (χ1) is 7.86. The minimum atomic E-state index is -4.48. The van der Waals surface area contributed by atoms with Gasteiger partial charge in [0.15, 0.2) is 0 Å². The molecule has 1 fully saturated rings. The molecule has 1 heterocycles. The van der Waals surface area contributed by atoms with Crippen molar-refractivity contribution in [2.24, 2.45) is 0 Å². The molecule has 0 unspecified atom stereocenters. The predicted molar refractivity (Wildman–Crippen MR) is 56.3 cm³/mol. The summed E-state index contributed by atoms with van der Waals surface area (Å²) in [7, 11) is 0. The molecule has 4 nitrogen and oxygen atoms in total. The van der Waals surface area contributed by atoms with Gasteiger partial charge in [-0.3, -0.25) is 0 Å². The van der Waals surface area contributed by atoms with E-state index < -0.39 is 11.9 Å². The third-order valence-electron chi connectivity index (χ3n) is 2.70. The number of hydrogen-bond donors (Lipinski definition) is 3. The molecule has 0 aliphatic heterocycles. The monoisotopic (exact) mass is 247 g/mol. The number of nitrogens with zero attached hydrogens (tertiary/aromatic N) is 1. The fourth-order valence-corrected chi connectivity index (χ4v) is 1.67. The minimum absolute atomic E-state index is 0.0317. The topological polar surface area (TPSA) is 71.2 Å². The number of nitrogens with two attached hydrogens (primary N) is 1. The first kappa shape index (κ1) is 12.0. The number of aliphatic hydroxyl groups is 1. The van der Waals surface area contributed by atoms with Crippen LogP contribution in [0.3, 0.4) is 0 Å². The van der Waals surface area contributed by atoms with Crippen LogP contribution in [0, 0.1) is 0 Å². The summed E-state index contributed by atoms with van der Waals surface area (Å²) in [5, 5.41) is 12.0. The summed E-state index contributed by atoms with van der Waals surface area (Å²) in [6.45, 7) is 0. The second kappa shape index (κ2) is 4.06. The Bertz CT molecular complexity index is 416. The summed E-state index contributed by atoms with van der Waals surface area (Å²) < 4.78 is 37.3. The molecule has 1 aromatic heterocycles. The van der Waals surface area contributed by atoms with Crippen LogP contribution in [0.1, 0.15) is 18.5 Å². The van der Waals surface area contributed by atoms with Gasteiger partial charge in [-0.05, 0) is 18.9 Å². The molecule has 1 aliphatic rings. The lowest BCUT2D eigenvalue weighted by Gasteiger charge is -2.33. The Hall–Kier alpha value is -1.50. The van der Waals surface area contributed by atoms with E-state index in [1.165, 1.54) is 0 Å². The minimum Gasteiger partial charge on any atom is -0.396 e. The molecule has 0 bridgehead atoms. The summed E-state index contributed by atoms with van der Waals surface area (Å²) in [6, 6.07) is 0.857. The van der Waals surface area contributed by atoms with Crippen molar-refractivity contribution in [3.63, 3.8) is 0 Å². The van der Waals surface area contributed by atoms with Crippen LogP contribution < -0.4 is 11.1 Å². The Labute approximate surface area is 95.7 Å². The van der Waals surface area contributed by atoms with E-state index in [0.29, 0.717) is 12.8 Å². The summed E-state index contributed by atoms with van der Waals surface area (Å²) >= 11 is 0. The summed E-state index contributed by atoms with van der Waals surface area (Å²) in [4.78, 5) is 3.24. The van der Waals surface area contributed by atoms with E-state index >= 15 is 0 Å². The van der Waals surface area contributed by atoms with Crippen molar-refractivity contribution in [1.29, 1.82) is 0 Å². The number of nitrogen functional groups attached to an aromatic ring is 1. The second-order valence-corrected chi connectivity index (χ2v) is 4.12. The molecule has 0 spiro atoms. The van der Waals surface area contributed by atoms with Crippen LogP contribution in [0.15, 0.2) is 12.3 Å². The molecule has 0 saturated heterocycles. The average Bonchev–Trinajstić information content (AvgIpc) is 2.17. The summed E-state index contributed by atoms with van der Waals surface area (Å²) in [5.74, 6) is 0. The number of aliphatic hydroxyl groups excluding tert-OH is 1. The predicted octanol–water partition coefficient (Wildman–Crippen LogP) is 1.62. The zero-order chi connectivity index (χ0) is 12.6. The number of rotatable bonds is 2. The Kier molecular flexibility index (Phi) is 2.86. The van der Waals surface area contributed by atoms with Gasteiger partial charge in [0.2, 0.25) is 0 Å². The van der Waals surface area contributed by atoms with E-state index in [2.05, 4.69) is 10.3 Å². The molecule has 94 valence electrons. The molecular formula is C10H12F3N3O. The molecule has 7 heteroatoms. The standard InChI is InChI=1S/C10H12F3N3O/c11-10(12,13)9-3-8(7(14)4-15-9)16-5-1-6(17)2-5/h3-6,17H,1-2,14H2,(H,15,16). The highest BCUT2D eigenvalue weighted by molar-refractivity contribution is 5.66. The third kappa shape index (κ3) is 2.60. The van der Waals surface area contributed by atoms with Crippen LogP contribution >= 0.6 is 0 Å². The second-order valence-electron chi connectivity index (χ2n) is 4.12. The fraction of sp³-hybridized carbons (Fsp3) is 0.500. The zero-order valence-corrected chi connectivity index (χ0v) is 8.83. The lowest BCUT2D eigenvalue weighted by atomic mass is 9.89. The van der Waals surface area contributed by atoms with Crippen molar-refractivity contribution in [2.75, 3.05) is 11.1 Å². The van der Waals surface area contributed by atoms with Gasteiger partial charge in [-0.2, -0.15) is 13.2 Å². The Morgan fingerprint density at radius 2 is 2.06 bits per heavy atom. The molecule has 0 amide bonds. The number of anilines is 2. The van der Waals surface area contributed by atoms with Crippen LogP contribution in [0.25, 0.3) is 0 Å². The van der Waals surface area contributed by atoms with E-state index in [0.717, 1.165) is 12.3 Å². The number of hydrogen-bond acceptors (Lipinski definition) is 4. The maximum atomic E-state index is 12.4. The van der Waals surface area contributed by atoms with Crippen LogP contribution in [0.5, 0.6) is 0 Å². The van der Waals surface area contributed by atoms with E-state index in [9.17, 15) is 13.2 Å². The van der Waals surface area contributed by atoms with Gasteiger partial charge >= 0.3 is 6.18 Å². The normalized spacial score (nSPS) is 24.2. The van der Waals surface area contributed by atoms with E-state index in [1.54, 1.807) is 0 Å². The van der Waals surface area contributed by atoms with Crippen molar-refractivity contribution in [2.45, 2.75) is 31.2 Å². The highest BCUT2D eigenvalue weighted by atomic mass is 19.4. The molecule has 4 N–H and O–H groups in total. The highest BCUT2D eigenvalue weighted by Gasteiger charge is 2.34. The van der Waals surface area contributed by atoms with Crippen molar-refractivity contribution in [1.82, 2.24) is 4.98 Å². The lowest BCUT2D eigenvalue weighted by Crippen LogP contribution is -2.39. The summed E-state index contributed by atoms with van der Waals surface area (Å²) in [6.07, 6.45) is -2.84. The van der Waals surface area contributed by atoms with Crippen molar-refractivity contribution in [3.05, 3.63) is 18.0 Å². The van der Waals surface area contributed by atoms with Gasteiger partial charge in [-0.1, -0.05) is 0 Å².